The third-order valence-corrected chi connectivity index (χ3v) is 13.6. The van der Waals surface area contributed by atoms with Gasteiger partial charge < -0.3 is 20.3 Å². The zero-order valence-electron chi connectivity index (χ0n) is 45.9. The van der Waals surface area contributed by atoms with Gasteiger partial charge in [-0.05, 0) is 96.3 Å². The van der Waals surface area contributed by atoms with E-state index in [-0.39, 0.29) is 24.9 Å². The maximum atomic E-state index is 13.3. The van der Waals surface area contributed by atoms with Crippen LogP contribution in [0.25, 0.3) is 0 Å². The van der Waals surface area contributed by atoms with Crippen molar-refractivity contribution in [3.63, 3.8) is 0 Å². The molecule has 0 rings (SSSR count). The molecule has 69 heavy (non-hydrogen) atoms. The second-order valence-electron chi connectivity index (χ2n) is 20.4. The zero-order chi connectivity index (χ0) is 50.2. The first-order valence-corrected chi connectivity index (χ1v) is 30.0. The van der Waals surface area contributed by atoms with E-state index < -0.39 is 18.2 Å². The molecule has 0 aromatic rings. The van der Waals surface area contributed by atoms with Crippen LogP contribution in [0.15, 0.2) is 60.8 Å². The van der Waals surface area contributed by atoms with E-state index in [0.717, 1.165) is 89.9 Å². The van der Waals surface area contributed by atoms with Gasteiger partial charge in [-0.25, -0.2) is 0 Å². The van der Waals surface area contributed by atoms with Crippen LogP contribution >= 0.6 is 0 Å². The fourth-order valence-electron chi connectivity index (χ4n) is 9.00. The molecule has 6 heteroatoms. The predicted molar refractivity (Wildman–Crippen MR) is 301 cm³/mol. The molecular formula is C63H115NO5. The standard InChI is InChI=1S/C63H115NO5/c1-4-7-10-13-16-19-22-25-28-30-31-33-35-38-41-44-47-50-53-56-63(68)69-59(54-51-48-45-42-39-36-34-32-29-26-23-20-17-14-11-8-5-2)57-62(67)64-60(58-65)61(66)55-52-49-46-43-40-37-27-24-21-18-15-12-9-6-3/h16-17,19-20,25-26,28-29,34,36,59-61,65-66H,4-15,18,21-24,27,30-33,35,37-58H2,1-3H3,(H,64,67)/b19-16-,20-17-,28-25-,29-26-,36-34-. The van der Waals surface area contributed by atoms with Gasteiger partial charge in [0.15, 0.2) is 0 Å². The van der Waals surface area contributed by atoms with Crippen molar-refractivity contribution < 1.29 is 24.5 Å². The summed E-state index contributed by atoms with van der Waals surface area (Å²) >= 11 is 0. The number of aliphatic hydroxyl groups is 2. The topological polar surface area (TPSA) is 95.9 Å². The van der Waals surface area contributed by atoms with E-state index in [0.29, 0.717) is 19.3 Å². The molecule has 0 heterocycles. The van der Waals surface area contributed by atoms with Crippen molar-refractivity contribution in [2.24, 2.45) is 0 Å². The smallest absolute Gasteiger partial charge is 0.306 e. The van der Waals surface area contributed by atoms with E-state index in [1.807, 2.05) is 0 Å². The van der Waals surface area contributed by atoms with E-state index in [4.69, 9.17) is 4.74 Å². The summed E-state index contributed by atoms with van der Waals surface area (Å²) in [6.45, 7) is 6.45. The molecule has 0 aliphatic rings. The second-order valence-corrected chi connectivity index (χ2v) is 20.4. The molecule has 3 unspecified atom stereocenters. The molecule has 0 aliphatic heterocycles. The SMILES string of the molecule is CCCCC/C=C\C/C=C\C/C=C\CCCCCCC(CC(=O)NC(CO)C(O)CCCCCCCCCCCCCCCC)OC(=O)CCCCCCCCCCC/C=C\C/C=C\CCCCC. The van der Waals surface area contributed by atoms with Gasteiger partial charge in [0.2, 0.25) is 5.91 Å². The van der Waals surface area contributed by atoms with Crippen molar-refractivity contribution in [3.05, 3.63) is 60.8 Å². The molecule has 0 aromatic heterocycles. The van der Waals surface area contributed by atoms with Crippen molar-refractivity contribution in [1.82, 2.24) is 5.32 Å². The minimum Gasteiger partial charge on any atom is -0.462 e. The molecule has 0 saturated heterocycles. The van der Waals surface area contributed by atoms with E-state index >= 15 is 0 Å². The number of rotatable bonds is 54. The van der Waals surface area contributed by atoms with Gasteiger partial charge in [0, 0.05) is 6.42 Å². The molecule has 6 nitrogen and oxygen atoms in total. The summed E-state index contributed by atoms with van der Waals surface area (Å²) in [7, 11) is 0. The lowest BCUT2D eigenvalue weighted by Gasteiger charge is -2.24. The fourth-order valence-corrected chi connectivity index (χ4v) is 9.00. The van der Waals surface area contributed by atoms with E-state index in [1.165, 1.54) is 167 Å². The van der Waals surface area contributed by atoms with Gasteiger partial charge in [-0.2, -0.15) is 0 Å². The molecule has 402 valence electrons. The number of unbranched alkanes of at least 4 members (excludes halogenated alkanes) is 32. The van der Waals surface area contributed by atoms with Gasteiger partial charge in [-0.3, -0.25) is 9.59 Å². The average Bonchev–Trinajstić information content (AvgIpc) is 3.34. The summed E-state index contributed by atoms with van der Waals surface area (Å²) in [5, 5.41) is 23.9. The van der Waals surface area contributed by atoms with Crippen molar-refractivity contribution in [3.8, 4) is 0 Å². The summed E-state index contributed by atoms with van der Waals surface area (Å²) in [5.74, 6) is -0.491. The van der Waals surface area contributed by atoms with Crippen molar-refractivity contribution in [2.45, 2.75) is 322 Å². The Hall–Kier alpha value is -2.44. The highest BCUT2D eigenvalue weighted by Gasteiger charge is 2.24. The predicted octanol–water partition coefficient (Wildman–Crippen LogP) is 18.7. The van der Waals surface area contributed by atoms with Gasteiger partial charge in [-0.1, -0.05) is 255 Å². The van der Waals surface area contributed by atoms with Gasteiger partial charge in [0.05, 0.1) is 25.2 Å². The monoisotopic (exact) mass is 966 g/mol. The van der Waals surface area contributed by atoms with Gasteiger partial charge in [0.25, 0.3) is 0 Å². The van der Waals surface area contributed by atoms with Gasteiger partial charge >= 0.3 is 5.97 Å². The molecule has 3 atom stereocenters. The number of aliphatic hydroxyl groups excluding tert-OH is 2. The summed E-state index contributed by atoms with van der Waals surface area (Å²) in [6.07, 6.45) is 71.4. The van der Waals surface area contributed by atoms with Crippen molar-refractivity contribution in [1.29, 1.82) is 0 Å². The lowest BCUT2D eigenvalue weighted by molar-refractivity contribution is -0.151. The van der Waals surface area contributed by atoms with Crippen LogP contribution in [0, 0.1) is 0 Å². The fraction of sp³-hybridized carbons (Fsp3) is 0.810. The summed E-state index contributed by atoms with van der Waals surface area (Å²) in [6, 6.07) is -0.712. The minimum absolute atomic E-state index is 0.0611. The maximum Gasteiger partial charge on any atom is 0.306 e. The zero-order valence-corrected chi connectivity index (χ0v) is 45.9. The second kappa shape index (κ2) is 56.5. The first kappa shape index (κ1) is 66.6. The van der Waals surface area contributed by atoms with Crippen LogP contribution in [0.2, 0.25) is 0 Å². The molecule has 0 bridgehead atoms. The molecule has 3 N–H and O–H groups in total. The van der Waals surface area contributed by atoms with Crippen LogP contribution in [0.4, 0.5) is 0 Å². The number of amides is 1. The molecule has 0 saturated carbocycles. The van der Waals surface area contributed by atoms with Crippen LogP contribution in [0.5, 0.6) is 0 Å². The number of carbonyl (C=O) groups excluding carboxylic acids is 2. The lowest BCUT2D eigenvalue weighted by Crippen LogP contribution is -2.46. The molecular weight excluding hydrogens is 851 g/mol. The molecule has 1 amide bonds. The van der Waals surface area contributed by atoms with Crippen LogP contribution in [0.3, 0.4) is 0 Å². The normalized spacial score (nSPS) is 13.5. The molecule has 0 aromatic carbocycles. The summed E-state index contributed by atoms with van der Waals surface area (Å²) < 4.78 is 5.96. The Kier molecular flexibility index (Phi) is 54.5. The first-order valence-electron chi connectivity index (χ1n) is 30.0. The van der Waals surface area contributed by atoms with Crippen LogP contribution < -0.4 is 5.32 Å². The van der Waals surface area contributed by atoms with E-state index in [1.54, 1.807) is 0 Å². The average molecular weight is 967 g/mol. The Morgan fingerprint density at radius 2 is 0.739 bits per heavy atom. The Morgan fingerprint density at radius 1 is 0.420 bits per heavy atom. The summed E-state index contributed by atoms with van der Waals surface area (Å²) in [5.41, 5.74) is 0. The number of esters is 1. The number of nitrogens with one attached hydrogen (secondary N) is 1. The highest BCUT2D eigenvalue weighted by Crippen LogP contribution is 2.18. The Morgan fingerprint density at radius 3 is 1.14 bits per heavy atom. The van der Waals surface area contributed by atoms with Crippen molar-refractivity contribution >= 4 is 11.9 Å². The lowest BCUT2D eigenvalue weighted by atomic mass is 10.0. The third-order valence-electron chi connectivity index (χ3n) is 13.6. The molecule has 0 aliphatic carbocycles. The summed E-state index contributed by atoms with van der Waals surface area (Å²) in [4.78, 5) is 26.3. The number of hydrogen-bond donors (Lipinski definition) is 3. The van der Waals surface area contributed by atoms with Crippen LogP contribution in [0.1, 0.15) is 303 Å². The molecule has 0 spiro atoms. The number of allylic oxidation sites excluding steroid dienone is 10. The van der Waals surface area contributed by atoms with E-state index in [2.05, 4.69) is 86.8 Å². The Bertz CT molecular complexity index is 1220. The van der Waals surface area contributed by atoms with Crippen molar-refractivity contribution in [2.75, 3.05) is 6.61 Å². The third kappa shape index (κ3) is 51.7. The molecule has 0 fully saturated rings. The number of ether oxygens (including phenoxy) is 1. The highest BCUT2D eigenvalue weighted by atomic mass is 16.5. The van der Waals surface area contributed by atoms with Gasteiger partial charge in [0.1, 0.15) is 6.10 Å². The maximum absolute atomic E-state index is 13.3. The molecule has 0 radical (unpaired) electrons. The van der Waals surface area contributed by atoms with E-state index in [9.17, 15) is 19.8 Å². The largest absolute Gasteiger partial charge is 0.462 e. The quantitative estimate of drug-likeness (QED) is 0.0321. The first-order chi connectivity index (χ1) is 34.0. The number of hydrogen-bond acceptors (Lipinski definition) is 5. The Labute approximate surface area is 428 Å². The number of carbonyl (C=O) groups is 2. The minimum atomic E-state index is -0.797. The van der Waals surface area contributed by atoms with Crippen LogP contribution in [-0.4, -0.2) is 46.9 Å². The van der Waals surface area contributed by atoms with Gasteiger partial charge in [-0.15, -0.1) is 0 Å². The van der Waals surface area contributed by atoms with Crippen LogP contribution in [-0.2, 0) is 14.3 Å². The highest BCUT2D eigenvalue weighted by molar-refractivity contribution is 5.77. The Balaban J connectivity index is 4.60.